The van der Waals surface area contributed by atoms with Crippen LogP contribution in [0.1, 0.15) is 30.9 Å². The third kappa shape index (κ3) is 3.22. The monoisotopic (exact) mass is 307 g/mol. The van der Waals surface area contributed by atoms with Crippen LogP contribution in [-0.2, 0) is 4.74 Å². The summed E-state index contributed by atoms with van der Waals surface area (Å²) in [6, 6.07) is 8.29. The molecule has 4 heteroatoms. The third-order valence-corrected chi connectivity index (χ3v) is 6.02. The van der Waals surface area contributed by atoms with E-state index in [4.69, 9.17) is 4.74 Å². The van der Waals surface area contributed by atoms with Crippen LogP contribution in [0.15, 0.2) is 24.3 Å². The Morgan fingerprint density at radius 1 is 1.33 bits per heavy atom. The van der Waals surface area contributed by atoms with Crippen LogP contribution in [0, 0.1) is 5.92 Å². The topological polar surface area (TPSA) is 32.7 Å². The summed E-state index contributed by atoms with van der Waals surface area (Å²) in [7, 11) is 4.07. The van der Waals surface area contributed by atoms with Gasteiger partial charge in [-0.05, 0) is 48.6 Å². The molecule has 2 aliphatic rings. The molecule has 1 spiro atoms. The van der Waals surface area contributed by atoms with Crippen molar-refractivity contribution in [2.75, 3.05) is 37.1 Å². The van der Waals surface area contributed by atoms with Crippen LogP contribution in [0.3, 0.4) is 0 Å². The van der Waals surface area contributed by atoms with Crippen LogP contribution in [-0.4, -0.2) is 42.9 Å². The van der Waals surface area contributed by atoms with Gasteiger partial charge >= 0.3 is 0 Å². The van der Waals surface area contributed by atoms with E-state index < -0.39 is 0 Å². The van der Waals surface area contributed by atoms with Gasteiger partial charge in [0.15, 0.2) is 0 Å². The molecule has 3 nitrogen and oxygen atoms in total. The van der Waals surface area contributed by atoms with Gasteiger partial charge in [0.2, 0.25) is 0 Å². The fourth-order valence-electron chi connectivity index (χ4n) is 3.44. The van der Waals surface area contributed by atoms with Crippen LogP contribution in [0.2, 0.25) is 0 Å². The summed E-state index contributed by atoms with van der Waals surface area (Å²) in [5, 5.41) is 10.7. The maximum Gasteiger partial charge on any atom is 0.0820 e. The maximum absolute atomic E-state index is 10.7. The van der Waals surface area contributed by atoms with Crippen molar-refractivity contribution in [3.8, 4) is 0 Å². The van der Waals surface area contributed by atoms with Crippen LogP contribution in [0.25, 0.3) is 0 Å². The van der Waals surface area contributed by atoms with E-state index >= 15 is 0 Å². The molecule has 0 amide bonds. The lowest BCUT2D eigenvalue weighted by Gasteiger charge is -2.39. The van der Waals surface area contributed by atoms with Gasteiger partial charge < -0.3 is 14.7 Å². The second-order valence-corrected chi connectivity index (χ2v) is 7.62. The van der Waals surface area contributed by atoms with Gasteiger partial charge in [0.25, 0.3) is 0 Å². The first-order valence-electron chi connectivity index (χ1n) is 7.77. The number of thioether (sulfide) groups is 1. The standard InChI is InChI=1S/C17H25NO2S/c1-18(2)15-5-3-13(4-6-15)16(19)14-7-9-20-17(11-14)8-10-21-12-17/h3-6,14,16,19H,7-12H2,1-2H3. The average Bonchev–Trinajstić information content (AvgIpc) is 2.94. The zero-order chi connectivity index (χ0) is 14.9. The number of hydrogen-bond acceptors (Lipinski definition) is 4. The Morgan fingerprint density at radius 3 is 2.71 bits per heavy atom. The minimum Gasteiger partial charge on any atom is -0.388 e. The Morgan fingerprint density at radius 2 is 2.10 bits per heavy atom. The van der Waals surface area contributed by atoms with Gasteiger partial charge in [-0.2, -0.15) is 11.8 Å². The molecule has 2 fully saturated rings. The molecule has 0 radical (unpaired) electrons. The van der Waals surface area contributed by atoms with Gasteiger partial charge in [0.1, 0.15) is 0 Å². The van der Waals surface area contributed by atoms with E-state index in [-0.39, 0.29) is 11.7 Å². The lowest BCUT2D eigenvalue weighted by atomic mass is 9.80. The Hall–Kier alpha value is -0.710. The molecule has 1 N–H and O–H groups in total. The molecular weight excluding hydrogens is 282 g/mol. The quantitative estimate of drug-likeness (QED) is 0.930. The van der Waals surface area contributed by atoms with Gasteiger partial charge in [0.05, 0.1) is 11.7 Å². The number of aliphatic hydroxyl groups is 1. The lowest BCUT2D eigenvalue weighted by Crippen LogP contribution is -2.41. The van der Waals surface area contributed by atoms with Crippen LogP contribution in [0.5, 0.6) is 0 Å². The SMILES string of the molecule is CN(C)c1ccc(C(O)C2CCOC3(CCSC3)C2)cc1. The number of nitrogens with zero attached hydrogens (tertiary/aromatic N) is 1. The second-order valence-electron chi connectivity index (χ2n) is 6.52. The van der Waals surface area contributed by atoms with Crippen molar-refractivity contribution in [2.45, 2.75) is 31.0 Å². The number of rotatable bonds is 3. The molecule has 3 rings (SSSR count). The van der Waals surface area contributed by atoms with Crippen LogP contribution in [0.4, 0.5) is 5.69 Å². The van der Waals surface area contributed by atoms with E-state index in [2.05, 4.69) is 29.2 Å². The van der Waals surface area contributed by atoms with Crippen LogP contribution >= 0.6 is 11.8 Å². The summed E-state index contributed by atoms with van der Waals surface area (Å²) in [6.45, 7) is 0.790. The summed E-state index contributed by atoms with van der Waals surface area (Å²) < 4.78 is 6.05. The first-order valence-corrected chi connectivity index (χ1v) is 8.92. The van der Waals surface area contributed by atoms with Crippen molar-refractivity contribution in [1.29, 1.82) is 0 Å². The van der Waals surface area contributed by atoms with E-state index in [1.807, 2.05) is 25.9 Å². The van der Waals surface area contributed by atoms with Gasteiger partial charge in [-0.15, -0.1) is 0 Å². The number of aliphatic hydroxyl groups excluding tert-OH is 1. The summed E-state index contributed by atoms with van der Waals surface area (Å²) in [4.78, 5) is 2.08. The molecule has 116 valence electrons. The summed E-state index contributed by atoms with van der Waals surface area (Å²) in [5.41, 5.74) is 2.24. The van der Waals surface area contributed by atoms with Gasteiger partial charge in [-0.25, -0.2) is 0 Å². The minimum absolute atomic E-state index is 0.0398. The number of ether oxygens (including phenoxy) is 1. The molecule has 2 aliphatic heterocycles. The predicted octanol–water partition coefficient (Wildman–Crippen LogP) is 3.09. The van der Waals surface area contributed by atoms with Gasteiger partial charge in [-0.3, -0.25) is 0 Å². The third-order valence-electron chi connectivity index (χ3n) is 4.80. The average molecular weight is 307 g/mol. The number of benzene rings is 1. The largest absolute Gasteiger partial charge is 0.388 e. The Labute approximate surface area is 131 Å². The number of hydrogen-bond donors (Lipinski definition) is 1. The summed E-state index contributed by atoms with van der Waals surface area (Å²) in [6.07, 6.45) is 2.73. The van der Waals surface area contributed by atoms with E-state index in [9.17, 15) is 5.11 Å². The zero-order valence-corrected chi connectivity index (χ0v) is 13.7. The highest BCUT2D eigenvalue weighted by Crippen LogP contribution is 2.44. The van der Waals surface area contributed by atoms with E-state index in [0.717, 1.165) is 37.2 Å². The van der Waals surface area contributed by atoms with Crippen molar-refractivity contribution in [3.63, 3.8) is 0 Å². The van der Waals surface area contributed by atoms with Crippen molar-refractivity contribution in [1.82, 2.24) is 0 Å². The molecule has 2 saturated heterocycles. The summed E-state index contributed by atoms with van der Waals surface area (Å²) >= 11 is 1.98. The highest BCUT2D eigenvalue weighted by Gasteiger charge is 2.42. The molecule has 0 aliphatic carbocycles. The molecule has 21 heavy (non-hydrogen) atoms. The van der Waals surface area contributed by atoms with Crippen molar-refractivity contribution < 1.29 is 9.84 Å². The molecule has 0 saturated carbocycles. The van der Waals surface area contributed by atoms with E-state index in [1.54, 1.807) is 0 Å². The summed E-state index contributed by atoms with van der Waals surface area (Å²) in [5.74, 6) is 2.61. The van der Waals surface area contributed by atoms with E-state index in [1.165, 1.54) is 11.4 Å². The minimum atomic E-state index is -0.368. The van der Waals surface area contributed by atoms with E-state index in [0.29, 0.717) is 5.92 Å². The maximum atomic E-state index is 10.7. The number of anilines is 1. The predicted molar refractivity (Wildman–Crippen MR) is 89.1 cm³/mol. The Balaban J connectivity index is 1.70. The van der Waals surface area contributed by atoms with Crippen molar-refractivity contribution >= 4 is 17.4 Å². The Kier molecular flexibility index (Phi) is 4.48. The fraction of sp³-hybridized carbons (Fsp3) is 0.647. The highest BCUT2D eigenvalue weighted by molar-refractivity contribution is 7.99. The first-order chi connectivity index (χ1) is 10.1. The zero-order valence-electron chi connectivity index (χ0n) is 12.9. The van der Waals surface area contributed by atoms with Crippen molar-refractivity contribution in [3.05, 3.63) is 29.8 Å². The van der Waals surface area contributed by atoms with Gasteiger partial charge in [0, 0.05) is 32.1 Å². The molecule has 0 bridgehead atoms. The molecule has 3 atom stereocenters. The fourth-order valence-corrected chi connectivity index (χ4v) is 4.82. The molecular formula is C17H25NO2S. The molecule has 3 unspecified atom stereocenters. The lowest BCUT2D eigenvalue weighted by molar-refractivity contribution is -0.102. The normalized spacial score (nSPS) is 30.5. The molecule has 2 heterocycles. The second kappa shape index (κ2) is 6.19. The highest BCUT2D eigenvalue weighted by atomic mass is 32.2. The van der Waals surface area contributed by atoms with Crippen LogP contribution < -0.4 is 4.90 Å². The molecule has 1 aromatic rings. The van der Waals surface area contributed by atoms with Gasteiger partial charge in [-0.1, -0.05) is 12.1 Å². The molecule has 1 aromatic carbocycles. The smallest absolute Gasteiger partial charge is 0.0820 e. The van der Waals surface area contributed by atoms with Crippen molar-refractivity contribution in [2.24, 2.45) is 5.92 Å². The molecule has 0 aromatic heterocycles. The Bertz CT molecular complexity index is 468. The first kappa shape index (κ1) is 15.2.